The predicted molar refractivity (Wildman–Crippen MR) is 62.0 cm³/mol. The highest BCUT2D eigenvalue weighted by atomic mass is 14.1. The van der Waals surface area contributed by atoms with Gasteiger partial charge in [0, 0.05) is 0 Å². The van der Waals surface area contributed by atoms with Crippen LogP contribution in [0.5, 0.6) is 0 Å². The number of allylic oxidation sites excluding steroid dienone is 4. The van der Waals surface area contributed by atoms with Crippen molar-refractivity contribution in [1.29, 1.82) is 0 Å². The molecular formula is C14H16. The highest BCUT2D eigenvalue weighted by Gasteiger charge is 2.07. The lowest BCUT2D eigenvalue weighted by molar-refractivity contribution is 0.833. The Morgan fingerprint density at radius 2 is 1.86 bits per heavy atom. The Kier molecular flexibility index (Phi) is 2.83. The van der Waals surface area contributed by atoms with E-state index < -0.39 is 0 Å². The Bertz CT molecular complexity index is 355. The molecule has 1 aliphatic rings. The van der Waals surface area contributed by atoms with Crippen molar-refractivity contribution in [2.45, 2.75) is 26.2 Å². The van der Waals surface area contributed by atoms with E-state index in [0.717, 1.165) is 0 Å². The van der Waals surface area contributed by atoms with E-state index >= 15 is 0 Å². The van der Waals surface area contributed by atoms with Crippen LogP contribution in [0.25, 0.3) is 5.57 Å². The Morgan fingerprint density at radius 1 is 1.07 bits per heavy atom. The third-order valence-electron chi connectivity index (χ3n) is 2.79. The molecule has 2 rings (SSSR count). The van der Waals surface area contributed by atoms with Gasteiger partial charge in [0.2, 0.25) is 0 Å². The molecule has 14 heavy (non-hydrogen) atoms. The van der Waals surface area contributed by atoms with E-state index in [1.165, 1.54) is 36.0 Å². The highest BCUT2D eigenvalue weighted by Crippen LogP contribution is 2.29. The van der Waals surface area contributed by atoms with Crippen molar-refractivity contribution in [2.24, 2.45) is 0 Å². The lowest BCUT2D eigenvalue weighted by Gasteiger charge is -2.15. The Hall–Kier alpha value is -1.30. The second-order valence-corrected chi connectivity index (χ2v) is 3.75. The van der Waals surface area contributed by atoms with Crippen LogP contribution in [0.3, 0.4) is 0 Å². The summed E-state index contributed by atoms with van der Waals surface area (Å²) in [6.45, 7) is 2.12. The normalized spacial score (nSPS) is 19.5. The van der Waals surface area contributed by atoms with Crippen LogP contribution in [0.4, 0.5) is 0 Å². The SMILES string of the molecule is C/C=C1/C=C(c2ccccc2)CCC1. The molecule has 0 fully saturated rings. The van der Waals surface area contributed by atoms with Crippen molar-refractivity contribution in [1.82, 2.24) is 0 Å². The molecule has 0 N–H and O–H groups in total. The molecular weight excluding hydrogens is 168 g/mol. The van der Waals surface area contributed by atoms with Crippen molar-refractivity contribution >= 4 is 5.57 Å². The molecule has 72 valence electrons. The predicted octanol–water partition coefficient (Wildman–Crippen LogP) is 4.20. The van der Waals surface area contributed by atoms with Gasteiger partial charge in [-0.15, -0.1) is 0 Å². The Morgan fingerprint density at radius 3 is 2.57 bits per heavy atom. The van der Waals surface area contributed by atoms with E-state index in [-0.39, 0.29) is 0 Å². The van der Waals surface area contributed by atoms with Gasteiger partial charge in [0.05, 0.1) is 0 Å². The molecule has 0 saturated heterocycles. The van der Waals surface area contributed by atoms with Gasteiger partial charge in [-0.3, -0.25) is 0 Å². The quantitative estimate of drug-likeness (QED) is 0.613. The molecule has 0 bridgehead atoms. The fourth-order valence-electron chi connectivity index (χ4n) is 1.96. The number of hydrogen-bond acceptors (Lipinski definition) is 0. The summed E-state index contributed by atoms with van der Waals surface area (Å²) in [5, 5.41) is 0. The van der Waals surface area contributed by atoms with Crippen molar-refractivity contribution in [3.63, 3.8) is 0 Å². The molecule has 0 saturated carbocycles. The zero-order chi connectivity index (χ0) is 9.80. The summed E-state index contributed by atoms with van der Waals surface area (Å²) in [4.78, 5) is 0. The van der Waals surface area contributed by atoms with Crippen LogP contribution in [-0.2, 0) is 0 Å². The zero-order valence-electron chi connectivity index (χ0n) is 8.66. The highest BCUT2D eigenvalue weighted by molar-refractivity contribution is 5.69. The lowest BCUT2D eigenvalue weighted by Crippen LogP contribution is -1.94. The van der Waals surface area contributed by atoms with E-state index in [2.05, 4.69) is 49.4 Å². The number of benzene rings is 1. The van der Waals surface area contributed by atoms with E-state index in [1.54, 1.807) is 0 Å². The first-order valence-electron chi connectivity index (χ1n) is 5.31. The van der Waals surface area contributed by atoms with Gasteiger partial charge >= 0.3 is 0 Å². The molecule has 0 unspecified atom stereocenters. The zero-order valence-corrected chi connectivity index (χ0v) is 8.66. The van der Waals surface area contributed by atoms with Gasteiger partial charge in [0.25, 0.3) is 0 Å². The maximum Gasteiger partial charge on any atom is -0.0224 e. The van der Waals surface area contributed by atoms with Crippen LogP contribution < -0.4 is 0 Å². The maximum absolute atomic E-state index is 2.35. The van der Waals surface area contributed by atoms with Crippen LogP contribution >= 0.6 is 0 Å². The van der Waals surface area contributed by atoms with Gasteiger partial charge in [-0.25, -0.2) is 0 Å². The van der Waals surface area contributed by atoms with E-state index in [0.29, 0.717) is 0 Å². The molecule has 1 aliphatic carbocycles. The van der Waals surface area contributed by atoms with Crippen molar-refractivity contribution in [3.05, 3.63) is 53.6 Å². The van der Waals surface area contributed by atoms with Gasteiger partial charge in [-0.1, -0.05) is 48.1 Å². The molecule has 1 aromatic rings. The fourth-order valence-corrected chi connectivity index (χ4v) is 1.96. The van der Waals surface area contributed by atoms with Crippen molar-refractivity contribution in [3.8, 4) is 0 Å². The van der Waals surface area contributed by atoms with Gasteiger partial charge in [0.1, 0.15) is 0 Å². The molecule has 0 nitrogen and oxygen atoms in total. The molecule has 0 aromatic heterocycles. The van der Waals surface area contributed by atoms with E-state index in [9.17, 15) is 0 Å². The Balaban J connectivity index is 2.31. The minimum absolute atomic E-state index is 1.22. The average Bonchev–Trinajstić information content (AvgIpc) is 2.30. The third kappa shape index (κ3) is 1.95. The van der Waals surface area contributed by atoms with E-state index in [1.807, 2.05) is 0 Å². The first-order chi connectivity index (χ1) is 6.90. The van der Waals surface area contributed by atoms with Crippen LogP contribution in [0.1, 0.15) is 31.7 Å². The molecule has 0 heterocycles. The molecule has 0 heteroatoms. The second kappa shape index (κ2) is 4.28. The summed E-state index contributed by atoms with van der Waals surface area (Å²) in [5.74, 6) is 0. The Labute approximate surface area is 86.0 Å². The summed E-state index contributed by atoms with van der Waals surface area (Å²) < 4.78 is 0. The maximum atomic E-state index is 2.35. The number of rotatable bonds is 1. The van der Waals surface area contributed by atoms with Crippen LogP contribution in [0, 0.1) is 0 Å². The number of hydrogen-bond donors (Lipinski definition) is 0. The van der Waals surface area contributed by atoms with Gasteiger partial charge in [0.15, 0.2) is 0 Å². The molecule has 0 radical (unpaired) electrons. The van der Waals surface area contributed by atoms with E-state index in [4.69, 9.17) is 0 Å². The minimum Gasteiger partial charge on any atom is -0.0844 e. The topological polar surface area (TPSA) is 0 Å². The van der Waals surface area contributed by atoms with Gasteiger partial charge in [-0.05, 0) is 37.3 Å². The van der Waals surface area contributed by atoms with Crippen LogP contribution in [0.2, 0.25) is 0 Å². The fraction of sp³-hybridized carbons (Fsp3) is 0.286. The molecule has 0 aliphatic heterocycles. The summed E-state index contributed by atoms with van der Waals surface area (Å²) in [7, 11) is 0. The first-order valence-corrected chi connectivity index (χ1v) is 5.31. The molecule has 0 amide bonds. The molecule has 0 atom stereocenters. The monoisotopic (exact) mass is 184 g/mol. The first kappa shape index (κ1) is 9.26. The third-order valence-corrected chi connectivity index (χ3v) is 2.79. The standard InChI is InChI=1S/C14H16/c1-2-12-7-6-10-14(11-12)13-8-4-3-5-9-13/h2-5,8-9,11H,6-7,10H2,1H3/b12-2+. The van der Waals surface area contributed by atoms with Gasteiger partial charge in [-0.2, -0.15) is 0 Å². The molecule has 0 spiro atoms. The van der Waals surface area contributed by atoms with Crippen molar-refractivity contribution in [2.75, 3.05) is 0 Å². The largest absolute Gasteiger partial charge is 0.0844 e. The van der Waals surface area contributed by atoms with Crippen LogP contribution in [0.15, 0.2) is 48.1 Å². The summed E-state index contributed by atoms with van der Waals surface area (Å²) in [6, 6.07) is 10.7. The average molecular weight is 184 g/mol. The van der Waals surface area contributed by atoms with Crippen LogP contribution in [-0.4, -0.2) is 0 Å². The summed E-state index contributed by atoms with van der Waals surface area (Å²) in [6.07, 6.45) is 8.33. The lowest BCUT2D eigenvalue weighted by atomic mass is 9.91. The second-order valence-electron chi connectivity index (χ2n) is 3.75. The molecule has 1 aromatic carbocycles. The van der Waals surface area contributed by atoms with Crippen molar-refractivity contribution < 1.29 is 0 Å². The smallest absolute Gasteiger partial charge is 0.0224 e. The summed E-state index contributed by atoms with van der Waals surface area (Å²) >= 11 is 0. The summed E-state index contributed by atoms with van der Waals surface area (Å²) in [5.41, 5.74) is 4.35. The minimum atomic E-state index is 1.22. The van der Waals surface area contributed by atoms with Gasteiger partial charge < -0.3 is 0 Å².